The third-order valence-corrected chi connectivity index (χ3v) is 5.11. The molecule has 1 fully saturated rings. The summed E-state index contributed by atoms with van der Waals surface area (Å²) in [5, 5.41) is 5.32. The molecule has 2 aliphatic rings. The van der Waals surface area contributed by atoms with E-state index < -0.39 is 17.7 Å². The molecule has 31 heavy (non-hydrogen) atoms. The van der Waals surface area contributed by atoms with E-state index in [0.29, 0.717) is 42.1 Å². The Kier molecular flexibility index (Phi) is 4.57. The van der Waals surface area contributed by atoms with Crippen molar-refractivity contribution in [2.24, 2.45) is 5.10 Å². The number of pyridine rings is 1. The number of carbonyl (C=O) groups is 1. The van der Waals surface area contributed by atoms with Gasteiger partial charge in [-0.2, -0.15) is 10.1 Å². The van der Waals surface area contributed by atoms with Crippen LogP contribution < -0.4 is 10.3 Å². The molecule has 4 heterocycles. The number of likely N-dealkylation sites (tertiary alicyclic amines) is 1. The summed E-state index contributed by atoms with van der Waals surface area (Å²) in [5.74, 6) is -1.10. The number of urea groups is 1. The largest absolute Gasteiger partial charge is 0.471 e. The van der Waals surface area contributed by atoms with Crippen molar-refractivity contribution in [2.45, 2.75) is 18.6 Å². The Balaban J connectivity index is 1.23. The summed E-state index contributed by atoms with van der Waals surface area (Å²) in [4.78, 5) is 36.5. The first kappa shape index (κ1) is 19.1. The number of hydrazone groups is 1. The number of H-pyrrole nitrogens is 1. The van der Waals surface area contributed by atoms with Gasteiger partial charge in [-0.15, -0.1) is 0 Å². The second-order valence-corrected chi connectivity index (χ2v) is 7.29. The van der Waals surface area contributed by atoms with Gasteiger partial charge in [0.1, 0.15) is 23.3 Å². The van der Waals surface area contributed by atoms with Gasteiger partial charge in [0.2, 0.25) is 5.88 Å². The van der Waals surface area contributed by atoms with Crippen LogP contribution in [0.15, 0.2) is 46.4 Å². The third-order valence-electron chi connectivity index (χ3n) is 5.11. The summed E-state index contributed by atoms with van der Waals surface area (Å²) < 4.78 is 32.9. The minimum absolute atomic E-state index is 0.283. The van der Waals surface area contributed by atoms with E-state index in [9.17, 15) is 18.4 Å². The minimum Gasteiger partial charge on any atom is -0.471 e. The fourth-order valence-electron chi connectivity index (χ4n) is 3.60. The Morgan fingerprint density at radius 3 is 2.71 bits per heavy atom. The quantitative estimate of drug-likeness (QED) is 0.692. The number of rotatable bonds is 3. The molecule has 2 aliphatic heterocycles. The number of amides is 2. The van der Waals surface area contributed by atoms with Crippen LogP contribution in [0.4, 0.5) is 13.6 Å². The lowest BCUT2D eigenvalue weighted by molar-refractivity contribution is 0.0254. The van der Waals surface area contributed by atoms with Crippen LogP contribution in [0, 0.1) is 11.6 Å². The number of carbonyl (C=O) groups excluding carboxylic acids is 1. The van der Waals surface area contributed by atoms with Crippen LogP contribution in [0.25, 0.3) is 11.2 Å². The molecule has 2 aromatic heterocycles. The van der Waals surface area contributed by atoms with Gasteiger partial charge in [-0.1, -0.05) is 0 Å². The van der Waals surface area contributed by atoms with Gasteiger partial charge in [0.15, 0.2) is 5.65 Å². The number of aromatic amines is 1. The van der Waals surface area contributed by atoms with Crippen molar-refractivity contribution >= 4 is 23.4 Å². The van der Waals surface area contributed by atoms with Crippen molar-refractivity contribution in [1.82, 2.24) is 24.9 Å². The minimum atomic E-state index is -0.703. The van der Waals surface area contributed by atoms with Gasteiger partial charge in [-0.3, -0.25) is 4.79 Å². The summed E-state index contributed by atoms with van der Waals surface area (Å²) in [6.45, 7) is 0.608. The van der Waals surface area contributed by atoms with Gasteiger partial charge in [-0.05, 0) is 23.8 Å². The molecule has 2 amide bonds. The van der Waals surface area contributed by atoms with E-state index in [1.54, 1.807) is 18.3 Å². The van der Waals surface area contributed by atoms with E-state index in [4.69, 9.17) is 4.74 Å². The summed E-state index contributed by atoms with van der Waals surface area (Å²) in [7, 11) is 0. The number of halogens is 2. The molecule has 9 nitrogen and oxygen atoms in total. The van der Waals surface area contributed by atoms with Crippen LogP contribution in [-0.2, 0) is 0 Å². The molecule has 0 radical (unpaired) electrons. The summed E-state index contributed by atoms with van der Waals surface area (Å²) in [6.07, 6.45) is 2.81. The maximum atomic E-state index is 13.6. The topological polar surface area (TPSA) is 104 Å². The van der Waals surface area contributed by atoms with E-state index in [1.807, 2.05) is 0 Å². The molecule has 1 atom stereocenters. The maximum Gasteiger partial charge on any atom is 0.341 e. The van der Waals surface area contributed by atoms with Crippen molar-refractivity contribution in [1.29, 1.82) is 0 Å². The highest BCUT2D eigenvalue weighted by Crippen LogP contribution is 2.31. The van der Waals surface area contributed by atoms with Gasteiger partial charge in [0.05, 0.1) is 25.3 Å². The monoisotopic (exact) mass is 426 g/mol. The molecule has 0 aliphatic carbocycles. The number of benzene rings is 1. The highest BCUT2D eigenvalue weighted by atomic mass is 19.1. The Labute approximate surface area is 174 Å². The fraction of sp³-hybridized carbons (Fsp3) is 0.250. The molecule has 11 heteroatoms. The number of fused-ring (bicyclic) bond motifs is 1. The van der Waals surface area contributed by atoms with Crippen molar-refractivity contribution in [3.8, 4) is 5.88 Å². The summed E-state index contributed by atoms with van der Waals surface area (Å²) in [5.41, 5.74) is 0.828. The molecular weight excluding hydrogens is 410 g/mol. The molecule has 1 aromatic carbocycles. The predicted octanol–water partition coefficient (Wildman–Crippen LogP) is 2.21. The highest BCUT2D eigenvalue weighted by molar-refractivity contribution is 5.79. The van der Waals surface area contributed by atoms with Gasteiger partial charge < -0.3 is 14.6 Å². The van der Waals surface area contributed by atoms with E-state index in [0.717, 1.165) is 6.07 Å². The number of nitrogens with one attached hydrogen (secondary N) is 1. The van der Waals surface area contributed by atoms with Crippen LogP contribution in [-0.4, -0.2) is 56.3 Å². The van der Waals surface area contributed by atoms with E-state index in [1.165, 1.54) is 28.2 Å². The number of hydrogen-bond donors (Lipinski definition) is 1. The number of nitrogens with zero attached hydrogens (tertiary/aromatic N) is 5. The van der Waals surface area contributed by atoms with Crippen LogP contribution in [0.2, 0.25) is 0 Å². The first-order chi connectivity index (χ1) is 15.0. The standard InChI is InChI=1S/C20H16F2N6O3/c21-12-5-11(6-13(22)7-12)16-3-4-24-28(16)20(30)27-9-14(10-27)31-18-2-1-15-19(26-18)25-17(29)8-23-15/h1-2,4-8,14,16H,3,9-10H2,(H,25,26,29). The first-order valence-corrected chi connectivity index (χ1v) is 9.55. The van der Waals surface area contributed by atoms with Crippen molar-refractivity contribution in [3.05, 3.63) is 64.1 Å². The Morgan fingerprint density at radius 2 is 1.94 bits per heavy atom. The lowest BCUT2D eigenvalue weighted by Crippen LogP contribution is -2.58. The molecule has 0 bridgehead atoms. The van der Waals surface area contributed by atoms with Gasteiger partial charge in [0.25, 0.3) is 5.56 Å². The zero-order valence-corrected chi connectivity index (χ0v) is 16.0. The number of ether oxygens (including phenoxy) is 1. The van der Waals surface area contributed by atoms with Crippen LogP contribution in [0.1, 0.15) is 18.0 Å². The van der Waals surface area contributed by atoms with Gasteiger partial charge in [0, 0.05) is 24.8 Å². The molecule has 0 spiro atoms. The first-order valence-electron chi connectivity index (χ1n) is 9.55. The molecule has 3 aromatic rings. The molecule has 5 rings (SSSR count). The molecular formula is C20H16F2N6O3. The molecule has 1 saturated heterocycles. The summed E-state index contributed by atoms with van der Waals surface area (Å²) >= 11 is 0. The molecule has 158 valence electrons. The average Bonchev–Trinajstić information content (AvgIpc) is 3.19. The maximum absolute atomic E-state index is 13.6. The molecule has 1 unspecified atom stereocenters. The molecule has 0 saturated carbocycles. The summed E-state index contributed by atoms with van der Waals surface area (Å²) in [6, 6.07) is 5.57. The van der Waals surface area contributed by atoms with E-state index >= 15 is 0 Å². The lowest BCUT2D eigenvalue weighted by Gasteiger charge is -2.40. The zero-order chi connectivity index (χ0) is 21.5. The Hall–Kier alpha value is -3.89. The second kappa shape index (κ2) is 7.42. The van der Waals surface area contributed by atoms with Crippen LogP contribution in [0.3, 0.4) is 0 Å². The normalized spacial score (nSPS) is 18.5. The number of aromatic nitrogens is 3. The van der Waals surface area contributed by atoms with E-state index in [2.05, 4.69) is 20.1 Å². The lowest BCUT2D eigenvalue weighted by atomic mass is 10.0. The van der Waals surface area contributed by atoms with Gasteiger partial charge >= 0.3 is 6.03 Å². The van der Waals surface area contributed by atoms with Gasteiger partial charge in [-0.25, -0.2) is 23.6 Å². The fourth-order valence-corrected chi connectivity index (χ4v) is 3.60. The Morgan fingerprint density at radius 1 is 1.16 bits per heavy atom. The van der Waals surface area contributed by atoms with Crippen LogP contribution >= 0.6 is 0 Å². The highest BCUT2D eigenvalue weighted by Gasteiger charge is 2.39. The second-order valence-electron chi connectivity index (χ2n) is 7.29. The zero-order valence-electron chi connectivity index (χ0n) is 16.0. The smallest absolute Gasteiger partial charge is 0.341 e. The third kappa shape index (κ3) is 3.69. The van der Waals surface area contributed by atoms with Crippen molar-refractivity contribution in [3.63, 3.8) is 0 Å². The van der Waals surface area contributed by atoms with Crippen molar-refractivity contribution < 1.29 is 18.3 Å². The SMILES string of the molecule is O=C(N1CC(Oc2ccc3ncc(=O)[nH]c3n2)C1)N1N=CCC1c1cc(F)cc(F)c1. The predicted molar refractivity (Wildman–Crippen MR) is 106 cm³/mol. The van der Waals surface area contributed by atoms with E-state index in [-0.39, 0.29) is 17.7 Å². The molecule has 1 N–H and O–H groups in total. The Bertz CT molecular complexity index is 1240. The number of hydrogen-bond acceptors (Lipinski definition) is 6. The average molecular weight is 426 g/mol. The van der Waals surface area contributed by atoms with Crippen molar-refractivity contribution in [2.75, 3.05) is 13.1 Å². The van der Waals surface area contributed by atoms with Crippen LogP contribution in [0.5, 0.6) is 5.88 Å².